The second-order valence-corrected chi connectivity index (χ2v) is 17.5. The lowest BCUT2D eigenvalue weighted by Crippen LogP contribution is -2.59. The van der Waals surface area contributed by atoms with Gasteiger partial charge in [0.15, 0.2) is 0 Å². The van der Waals surface area contributed by atoms with Crippen LogP contribution in [-0.4, -0.2) is 288 Å². The first-order valence-corrected chi connectivity index (χ1v) is 25.8. The Hall–Kier alpha value is -10.5. The third kappa shape index (κ3) is 57.2. The van der Waals surface area contributed by atoms with Gasteiger partial charge in [-0.2, -0.15) is 0 Å². The van der Waals surface area contributed by atoms with Crippen molar-refractivity contribution in [2.75, 3.05) is 62.3 Å². The van der Waals surface area contributed by atoms with Crippen LogP contribution in [0.5, 0.6) is 0 Å². The summed E-state index contributed by atoms with van der Waals surface area (Å²) in [5.74, 6) is -19.5. The standard InChI is InChI=1S/C17H27N5O11.C9H17N3O5.C6H11NO4.3C4H7NO4.C3H8N2O2/c1-32-13(27)5-9(17(31)33-2)21-16(30)10(22-15(29)8(19)4-12(25)26)6-20-14(28)7(18)3-11(23)24;1-16-7(13)3-6(9(15)17-2)12-8(14)5(11)4-10;1-10-5(8)3-4(7)6(9)11-2;3*5-2(4(8)9)1-3(6)7;4-1-2(5)3(6)7/h7-10H,3-6,18-19H2,1-2H3,(H,20,28)(H,21,30)(H,22,29)(H,23,24)(H,25,26);5-6H,3-4,10-11H2,1-2H3,(H,12,14);4H,3,7H2,1-2H3;3*2H,1,5H2,(H,6,7)(H,8,9);2H,1,4-5H2,(H,6,7). The molecule has 0 saturated carbocycles. The van der Waals surface area contributed by atoms with Crippen LogP contribution in [0.1, 0.15) is 51.4 Å². The number of carbonyl (C=O) groups excluding carboxylic acids is 10. The number of carboxylic acids is 9. The van der Waals surface area contributed by atoms with E-state index in [1.54, 1.807) is 0 Å². The third-order valence-electron chi connectivity index (χ3n) is 9.79. The molecule has 11 unspecified atom stereocenters. The molecule has 0 aromatic rings. The Labute approximate surface area is 536 Å². The normalized spacial score (nSPS) is 13.2. The molecule has 0 saturated heterocycles. The molecule has 0 aliphatic heterocycles. The first-order chi connectivity index (χ1) is 43.7. The molecule has 48 nitrogen and oxygen atoms in total. The van der Waals surface area contributed by atoms with Crippen molar-refractivity contribution in [2.24, 2.45) is 57.3 Å². The Kier molecular flexibility index (Phi) is 58.1. The molecule has 0 bridgehead atoms. The molecule has 0 heterocycles. The zero-order valence-electron chi connectivity index (χ0n) is 51.6. The van der Waals surface area contributed by atoms with Crippen LogP contribution in [0.2, 0.25) is 0 Å². The summed E-state index contributed by atoms with van der Waals surface area (Å²) in [6, 6.07) is -13.9. The molecule has 0 rings (SSSR count). The monoisotopic (exact) mass is 1390 g/mol. The molecule has 0 aliphatic rings. The zero-order valence-corrected chi connectivity index (χ0v) is 51.6. The van der Waals surface area contributed by atoms with E-state index in [1.165, 1.54) is 21.3 Å². The molecule has 95 heavy (non-hydrogen) atoms. The fourth-order valence-electron chi connectivity index (χ4n) is 4.64. The van der Waals surface area contributed by atoms with E-state index in [0.717, 1.165) is 21.3 Å². The van der Waals surface area contributed by atoms with E-state index >= 15 is 0 Å². The number of rotatable bonds is 34. The third-order valence-corrected chi connectivity index (χ3v) is 9.79. The quantitative estimate of drug-likeness (QED) is 0.0210. The molecule has 0 radical (unpaired) electrons. The lowest BCUT2D eigenvalue weighted by Gasteiger charge is -2.23. The molecule has 0 spiro atoms. The Balaban J connectivity index is -0.000000209. The van der Waals surface area contributed by atoms with Gasteiger partial charge in [-0.1, -0.05) is 0 Å². The summed E-state index contributed by atoms with van der Waals surface area (Å²) >= 11 is 0. The summed E-state index contributed by atoms with van der Waals surface area (Å²) < 4.78 is 26.3. The van der Waals surface area contributed by atoms with Gasteiger partial charge in [0.1, 0.15) is 48.3 Å². The Morgan fingerprint density at radius 3 is 0.779 bits per heavy atom. The predicted molar refractivity (Wildman–Crippen MR) is 308 cm³/mol. The van der Waals surface area contributed by atoms with E-state index < -0.39 is 225 Å². The maximum absolute atomic E-state index is 12.7. The average Bonchev–Trinajstić information content (AvgIpc) is 0.937. The molecule has 33 N–H and O–H groups in total. The van der Waals surface area contributed by atoms with Crippen LogP contribution in [0, 0.1) is 0 Å². The van der Waals surface area contributed by atoms with E-state index in [4.69, 9.17) is 103 Å². The van der Waals surface area contributed by atoms with Gasteiger partial charge in [0.25, 0.3) is 0 Å². The minimum absolute atomic E-state index is 0.00463. The molecule has 48 heteroatoms. The smallest absolute Gasteiger partial charge is 0.328 e. The number of aliphatic carboxylic acids is 9. The second-order valence-electron chi connectivity index (χ2n) is 17.5. The summed E-state index contributed by atoms with van der Waals surface area (Å²) in [5, 5.41) is 82.2. The van der Waals surface area contributed by atoms with Gasteiger partial charge in [-0.3, -0.25) is 81.5 Å². The number of ether oxygens (including phenoxy) is 6. The van der Waals surface area contributed by atoms with Crippen LogP contribution in [0.25, 0.3) is 0 Å². The van der Waals surface area contributed by atoms with Gasteiger partial charge in [-0.05, 0) is 0 Å². The molecule has 0 aromatic carbocycles. The van der Waals surface area contributed by atoms with Gasteiger partial charge in [-0.25, -0.2) is 9.59 Å². The summed E-state index contributed by atoms with van der Waals surface area (Å²) in [6.45, 7) is -0.719. The van der Waals surface area contributed by atoms with E-state index in [1.807, 2.05) is 0 Å². The van der Waals surface area contributed by atoms with Crippen LogP contribution in [-0.2, 0) is 120 Å². The van der Waals surface area contributed by atoms with Crippen LogP contribution >= 0.6 is 0 Å². The number of carboxylic acid groups (broad SMARTS) is 9. The van der Waals surface area contributed by atoms with Crippen molar-refractivity contribution in [3.63, 3.8) is 0 Å². The summed E-state index contributed by atoms with van der Waals surface area (Å²) in [5.41, 5.74) is 50.9. The molecule has 11 atom stereocenters. The summed E-state index contributed by atoms with van der Waals surface area (Å²) in [6.07, 6.45) is -4.19. The number of methoxy groups -OCH3 is 6. The van der Waals surface area contributed by atoms with E-state index in [0.29, 0.717) is 0 Å². The minimum Gasteiger partial charge on any atom is -0.481 e. The first kappa shape index (κ1) is 98.1. The number of esters is 6. The van der Waals surface area contributed by atoms with Crippen LogP contribution < -0.4 is 78.6 Å². The maximum Gasteiger partial charge on any atom is 0.328 e. The van der Waals surface area contributed by atoms with Crippen LogP contribution in [0.4, 0.5) is 0 Å². The van der Waals surface area contributed by atoms with Crippen molar-refractivity contribution in [2.45, 2.75) is 118 Å². The van der Waals surface area contributed by atoms with E-state index in [2.05, 4.69) is 49.7 Å². The van der Waals surface area contributed by atoms with Gasteiger partial charge in [0, 0.05) is 19.6 Å². The Bertz CT molecular complexity index is 2470. The Morgan fingerprint density at radius 2 is 0.537 bits per heavy atom. The van der Waals surface area contributed by atoms with Crippen molar-refractivity contribution < 1.29 is 165 Å². The fraction of sp³-hybridized carbons (Fsp3) is 0.596. The van der Waals surface area contributed by atoms with Crippen molar-refractivity contribution in [1.82, 2.24) is 21.3 Å². The van der Waals surface area contributed by atoms with Gasteiger partial charge in [0.2, 0.25) is 23.6 Å². The van der Waals surface area contributed by atoms with E-state index in [9.17, 15) is 91.1 Å². The van der Waals surface area contributed by atoms with Crippen molar-refractivity contribution >= 4 is 113 Å². The lowest BCUT2D eigenvalue weighted by molar-refractivity contribution is -0.151. The number of amides is 4. The van der Waals surface area contributed by atoms with Crippen molar-refractivity contribution in [3.05, 3.63) is 0 Å². The highest BCUT2D eigenvalue weighted by atomic mass is 16.5. The number of hydrogen-bond acceptors (Lipinski definition) is 35. The molecule has 0 aliphatic carbocycles. The number of nitrogens with one attached hydrogen (secondary N) is 4. The Morgan fingerprint density at radius 1 is 0.284 bits per heavy atom. The van der Waals surface area contributed by atoms with Crippen molar-refractivity contribution in [3.8, 4) is 0 Å². The highest BCUT2D eigenvalue weighted by Gasteiger charge is 2.32. The largest absolute Gasteiger partial charge is 0.481 e. The average molecular weight is 1390 g/mol. The second kappa shape index (κ2) is 56.3. The summed E-state index contributed by atoms with van der Waals surface area (Å²) in [4.78, 5) is 205. The molecule has 0 fully saturated rings. The first-order valence-electron chi connectivity index (χ1n) is 25.8. The van der Waals surface area contributed by atoms with Gasteiger partial charge in [-0.15, -0.1) is 0 Å². The number of nitrogens with two attached hydrogens (primary N) is 10. The van der Waals surface area contributed by atoms with Gasteiger partial charge >= 0.3 is 89.5 Å². The highest BCUT2D eigenvalue weighted by molar-refractivity contribution is 5.95. The fourth-order valence-corrected chi connectivity index (χ4v) is 4.64. The van der Waals surface area contributed by atoms with Crippen molar-refractivity contribution in [1.29, 1.82) is 0 Å². The number of carbonyl (C=O) groups is 19. The predicted octanol–water partition coefficient (Wildman–Crippen LogP) is -13.1. The van der Waals surface area contributed by atoms with E-state index in [-0.39, 0.29) is 25.9 Å². The maximum atomic E-state index is 12.7. The zero-order chi connectivity index (χ0) is 76.2. The molecular weight excluding hydrogens is 1300 g/mol. The molecule has 546 valence electrons. The van der Waals surface area contributed by atoms with Gasteiger partial charge in [0.05, 0.1) is 112 Å². The lowest BCUT2D eigenvalue weighted by atomic mass is 10.1. The molecule has 4 amide bonds. The van der Waals surface area contributed by atoms with Gasteiger partial charge < -0.3 is 153 Å². The van der Waals surface area contributed by atoms with Crippen LogP contribution in [0.3, 0.4) is 0 Å². The van der Waals surface area contributed by atoms with Crippen LogP contribution in [0.15, 0.2) is 0 Å². The SMILES string of the molecule is COC(=O)CC(N)C(=O)OC.COC(=O)CC(NC(=O)C(CNC(=O)C(N)CC(=O)O)NC(=O)C(N)CC(=O)O)C(=O)OC.COC(=O)CC(NC(=O)C(N)CN)C(=O)OC.NC(CC(=O)O)C(=O)O.NC(CC(=O)O)C(=O)O.NC(CC(=O)O)C(=O)O.NCC(N)C(=O)O. The summed E-state index contributed by atoms with van der Waals surface area (Å²) in [7, 11) is 6.78. The minimum atomic E-state index is -1.62. The highest BCUT2D eigenvalue weighted by Crippen LogP contribution is 2.02. The topological polar surface area (TPSA) is 870 Å². The molecule has 0 aromatic heterocycles. The molecular formula is C47H84N14O34. The number of hydrogen-bond donors (Lipinski definition) is 23.